The number of hydrogen-bond acceptors (Lipinski definition) is 6. The number of carbonyl (C=O) groups excluding carboxylic acids is 1. The van der Waals surface area contributed by atoms with Gasteiger partial charge in [0, 0.05) is 57.7 Å². The van der Waals surface area contributed by atoms with Crippen molar-refractivity contribution in [2.45, 2.75) is 12.0 Å². The summed E-state index contributed by atoms with van der Waals surface area (Å²) in [5.74, 6) is -0.0559. The average Bonchev–Trinajstić information content (AvgIpc) is 3.61. The van der Waals surface area contributed by atoms with Crippen molar-refractivity contribution in [1.29, 1.82) is 0 Å². The lowest BCUT2D eigenvalue weighted by molar-refractivity contribution is 0.159. The van der Waals surface area contributed by atoms with Crippen LogP contribution in [0.4, 0.5) is 15.0 Å². The maximum absolute atomic E-state index is 14.0. The van der Waals surface area contributed by atoms with Crippen LogP contribution in [0.1, 0.15) is 11.5 Å². The maximum atomic E-state index is 14.0. The number of likely N-dealkylation sites (tertiary alicyclic amines) is 1. The largest absolute Gasteiger partial charge is 0.383 e. The van der Waals surface area contributed by atoms with Gasteiger partial charge in [-0.05, 0) is 39.7 Å². The molecule has 0 aliphatic carbocycles. The molecule has 3 aromatic heterocycles. The van der Waals surface area contributed by atoms with Crippen molar-refractivity contribution in [3.8, 4) is 16.9 Å². The zero-order chi connectivity index (χ0) is 26.6. The minimum absolute atomic E-state index is 0.130. The van der Waals surface area contributed by atoms with Gasteiger partial charge in [0.25, 0.3) is 0 Å². The Balaban J connectivity index is 1.41. The highest BCUT2D eigenvalue weighted by molar-refractivity contribution is 9.10. The first-order valence-corrected chi connectivity index (χ1v) is 12.9. The number of para-hydroxylation sites is 1. The molecule has 198 valence electrons. The van der Waals surface area contributed by atoms with Gasteiger partial charge in [-0.2, -0.15) is 10.2 Å². The summed E-state index contributed by atoms with van der Waals surface area (Å²) in [6, 6.07) is 10.4. The molecule has 1 fully saturated rings. The molecule has 1 aliphatic heterocycles. The highest BCUT2D eigenvalue weighted by Gasteiger charge is 2.35. The fourth-order valence-corrected chi connectivity index (χ4v) is 5.28. The lowest BCUT2D eigenvalue weighted by atomic mass is 9.96. The minimum atomic E-state index is -0.403. The van der Waals surface area contributed by atoms with Gasteiger partial charge in [-0.3, -0.25) is 19.9 Å². The summed E-state index contributed by atoms with van der Waals surface area (Å²) in [7, 11) is 3.49. The van der Waals surface area contributed by atoms with Gasteiger partial charge in [0.1, 0.15) is 11.5 Å². The van der Waals surface area contributed by atoms with Crippen molar-refractivity contribution in [1.82, 2.24) is 34.8 Å². The second-order valence-corrected chi connectivity index (χ2v) is 9.95. The molecule has 10 nitrogen and oxygen atoms in total. The highest BCUT2D eigenvalue weighted by atomic mass is 79.9. The van der Waals surface area contributed by atoms with Gasteiger partial charge in [-0.25, -0.2) is 13.9 Å². The van der Waals surface area contributed by atoms with Crippen LogP contribution >= 0.6 is 15.9 Å². The number of ether oxygens (including phenoxy) is 1. The van der Waals surface area contributed by atoms with Crippen LogP contribution in [0, 0.1) is 5.82 Å². The molecule has 0 spiro atoms. The Labute approximate surface area is 227 Å². The number of aryl methyl sites for hydroxylation is 1. The van der Waals surface area contributed by atoms with E-state index in [1.165, 1.54) is 12.3 Å². The number of hydrogen-bond donors (Lipinski definition) is 2. The predicted octanol–water partition coefficient (Wildman–Crippen LogP) is 3.81. The highest BCUT2D eigenvalue weighted by Crippen LogP contribution is 2.35. The Kier molecular flexibility index (Phi) is 7.82. The third-order valence-corrected chi connectivity index (χ3v) is 7.27. The molecular formula is C26H28BrFN8O2. The van der Waals surface area contributed by atoms with Crippen LogP contribution < -0.4 is 10.6 Å². The molecule has 1 saturated heterocycles. The summed E-state index contributed by atoms with van der Waals surface area (Å²) in [5.41, 5.74) is 2.98. The monoisotopic (exact) mass is 582 g/mol. The Morgan fingerprint density at radius 3 is 2.74 bits per heavy atom. The number of amides is 2. The van der Waals surface area contributed by atoms with Crippen molar-refractivity contribution in [3.63, 3.8) is 0 Å². The standard InChI is InChI=1S/C26H28BrFN8O2/c1-34-14-18(12-30-34)24-23(27)25(36(33-24)20-6-4-3-5-7-20)32-26(37)31-22-16-35(8-9-38-2)15-21(22)17-10-19(28)13-29-11-17/h3-7,10-14,21-22H,8-9,15-16H2,1-2H3,(H2,31,32,37)/t21-,22+/m0/s1. The van der Waals surface area contributed by atoms with Gasteiger partial charge in [-0.15, -0.1) is 0 Å². The van der Waals surface area contributed by atoms with E-state index in [1.807, 2.05) is 43.6 Å². The van der Waals surface area contributed by atoms with E-state index in [1.54, 1.807) is 28.9 Å². The predicted molar refractivity (Wildman–Crippen MR) is 145 cm³/mol. The first kappa shape index (κ1) is 26.0. The van der Waals surface area contributed by atoms with Crippen LogP contribution in [0.3, 0.4) is 0 Å². The van der Waals surface area contributed by atoms with Crippen LogP contribution in [0.25, 0.3) is 16.9 Å². The fraction of sp³-hybridized carbons (Fsp3) is 0.308. The van der Waals surface area contributed by atoms with Crippen molar-refractivity contribution in [2.75, 3.05) is 38.7 Å². The zero-order valence-electron chi connectivity index (χ0n) is 21.0. The summed E-state index contributed by atoms with van der Waals surface area (Å²) >= 11 is 3.65. The molecule has 0 unspecified atom stereocenters. The number of rotatable bonds is 8. The average molecular weight is 583 g/mol. The number of halogens is 2. The number of nitrogens with zero attached hydrogens (tertiary/aromatic N) is 6. The normalized spacial score (nSPS) is 17.6. The SMILES string of the molecule is COCCN1C[C@@H](NC(=O)Nc2c(Br)c(-c3cnn(C)c3)nn2-c2ccccc2)[C@H](c2cncc(F)c2)C1. The maximum Gasteiger partial charge on any atom is 0.320 e. The second-order valence-electron chi connectivity index (χ2n) is 9.16. The van der Waals surface area contributed by atoms with E-state index in [0.717, 1.165) is 16.8 Å². The second kappa shape index (κ2) is 11.4. The smallest absolute Gasteiger partial charge is 0.320 e. The first-order chi connectivity index (χ1) is 18.4. The van der Waals surface area contributed by atoms with Crippen LogP contribution in [-0.4, -0.2) is 74.9 Å². The van der Waals surface area contributed by atoms with E-state index < -0.39 is 11.8 Å². The summed E-state index contributed by atoms with van der Waals surface area (Å²) in [6.45, 7) is 2.51. The third kappa shape index (κ3) is 5.62. The van der Waals surface area contributed by atoms with E-state index in [2.05, 4.69) is 41.5 Å². The van der Waals surface area contributed by atoms with Gasteiger partial charge >= 0.3 is 6.03 Å². The van der Waals surface area contributed by atoms with Gasteiger partial charge < -0.3 is 10.1 Å². The molecule has 12 heteroatoms. The van der Waals surface area contributed by atoms with E-state index in [4.69, 9.17) is 9.84 Å². The number of methoxy groups -OCH3 is 1. The van der Waals surface area contributed by atoms with E-state index >= 15 is 0 Å². The Bertz CT molecular complexity index is 1410. The summed E-state index contributed by atoms with van der Waals surface area (Å²) < 4.78 is 23.2. The molecule has 5 rings (SSSR count). The molecule has 38 heavy (non-hydrogen) atoms. The fourth-order valence-electron chi connectivity index (χ4n) is 4.71. The number of aromatic nitrogens is 5. The first-order valence-electron chi connectivity index (χ1n) is 12.1. The number of urea groups is 1. The number of anilines is 1. The molecule has 2 amide bonds. The Morgan fingerprint density at radius 2 is 2.03 bits per heavy atom. The van der Waals surface area contributed by atoms with Gasteiger partial charge in [-0.1, -0.05) is 18.2 Å². The van der Waals surface area contributed by atoms with Crippen LogP contribution in [0.5, 0.6) is 0 Å². The number of pyridine rings is 1. The van der Waals surface area contributed by atoms with Crippen molar-refractivity contribution in [2.24, 2.45) is 7.05 Å². The van der Waals surface area contributed by atoms with E-state index in [-0.39, 0.29) is 12.0 Å². The molecule has 4 heterocycles. The van der Waals surface area contributed by atoms with Crippen LogP contribution in [0.15, 0.2) is 65.7 Å². The molecule has 2 atom stereocenters. The quantitative estimate of drug-likeness (QED) is 0.327. The Morgan fingerprint density at radius 1 is 1.21 bits per heavy atom. The molecule has 2 N–H and O–H groups in total. The van der Waals surface area contributed by atoms with Gasteiger partial charge in [0.15, 0.2) is 5.82 Å². The number of nitrogens with one attached hydrogen (secondary N) is 2. The molecular weight excluding hydrogens is 555 g/mol. The lowest BCUT2D eigenvalue weighted by Gasteiger charge is -2.20. The molecule has 0 bridgehead atoms. The zero-order valence-corrected chi connectivity index (χ0v) is 22.6. The molecule has 0 saturated carbocycles. The topological polar surface area (TPSA) is 102 Å². The van der Waals surface area contributed by atoms with Crippen LogP contribution in [-0.2, 0) is 11.8 Å². The number of benzene rings is 1. The molecule has 1 aromatic carbocycles. The van der Waals surface area contributed by atoms with E-state index in [9.17, 15) is 9.18 Å². The van der Waals surface area contributed by atoms with Crippen molar-refractivity contribution < 1.29 is 13.9 Å². The summed E-state index contributed by atoms with van der Waals surface area (Å²) in [4.78, 5) is 19.6. The molecule has 1 aliphatic rings. The van der Waals surface area contributed by atoms with E-state index in [0.29, 0.717) is 42.2 Å². The number of carbonyl (C=O) groups is 1. The van der Waals surface area contributed by atoms with Gasteiger partial charge in [0.2, 0.25) is 0 Å². The van der Waals surface area contributed by atoms with Crippen LogP contribution in [0.2, 0.25) is 0 Å². The summed E-state index contributed by atoms with van der Waals surface area (Å²) in [6.07, 6.45) is 6.41. The third-order valence-electron chi connectivity index (χ3n) is 6.52. The van der Waals surface area contributed by atoms with Gasteiger partial charge in [0.05, 0.1) is 35.2 Å². The van der Waals surface area contributed by atoms with Crippen molar-refractivity contribution >= 4 is 27.8 Å². The summed E-state index contributed by atoms with van der Waals surface area (Å²) in [5, 5.41) is 15.1. The molecule has 4 aromatic rings. The lowest BCUT2D eigenvalue weighted by Crippen LogP contribution is -2.42. The minimum Gasteiger partial charge on any atom is -0.383 e. The van der Waals surface area contributed by atoms with Crippen molar-refractivity contribution in [3.05, 3.63) is 77.0 Å². The molecule has 0 radical (unpaired) electrons. The Hall–Kier alpha value is -3.61.